The van der Waals surface area contributed by atoms with E-state index in [1.807, 2.05) is 14.1 Å². The number of aryl methyl sites for hydroxylation is 1. The predicted molar refractivity (Wildman–Crippen MR) is 197 cm³/mol. The summed E-state index contributed by atoms with van der Waals surface area (Å²) in [5.74, 6) is 1.43. The third-order valence-electron chi connectivity index (χ3n) is 9.15. The number of piperidine rings is 1. The predicted octanol–water partition coefficient (Wildman–Crippen LogP) is 4.37. The monoisotopic (exact) mass is 731 g/mol. The second-order valence-electron chi connectivity index (χ2n) is 13.3. The normalized spacial score (nSPS) is 15.2. The van der Waals surface area contributed by atoms with E-state index in [1.54, 1.807) is 76.2 Å². The molecule has 0 radical (unpaired) electrons. The van der Waals surface area contributed by atoms with E-state index >= 15 is 0 Å². The van der Waals surface area contributed by atoms with Gasteiger partial charge >= 0.3 is 5.82 Å². The van der Waals surface area contributed by atoms with Crippen LogP contribution in [-0.4, -0.2) is 105 Å². The van der Waals surface area contributed by atoms with E-state index < -0.39 is 4.92 Å². The standard InChI is InChI=1S/C35H39ClN10O6/c1-42-13-11-29(41-42)39-35-38-20-23-17-27(26-18-25(51-4)19-28(52-5)31(26)36)34(48)44(33(23)40-35)24-9-14-43(15-10-24)30(47)7-6-16-46(2,3)21-22-8-12-37-32(22)45(49)50/h6-7,11-13,17-20,24H,8-10,14-16,21H2,1-5H3/p+1/b7-6+. The highest BCUT2D eigenvalue weighted by molar-refractivity contribution is 6.35. The third-order valence-corrected chi connectivity index (χ3v) is 9.54. The fourth-order valence-corrected chi connectivity index (χ4v) is 6.84. The lowest BCUT2D eigenvalue weighted by molar-refractivity contribution is -0.880. The number of hydrogen-bond donors (Lipinski definition) is 1. The number of aliphatic imine (C=N–C) groups is 1. The molecule has 0 atom stereocenters. The van der Waals surface area contributed by atoms with Crippen LogP contribution >= 0.6 is 11.6 Å². The van der Waals surface area contributed by atoms with Crippen molar-refractivity contribution in [2.24, 2.45) is 12.0 Å². The summed E-state index contributed by atoms with van der Waals surface area (Å²) in [6.45, 7) is 1.77. The molecule has 3 aromatic heterocycles. The lowest BCUT2D eigenvalue weighted by Gasteiger charge is -2.33. The van der Waals surface area contributed by atoms with E-state index in [2.05, 4.69) is 20.4 Å². The summed E-state index contributed by atoms with van der Waals surface area (Å²) in [7, 11) is 8.73. The van der Waals surface area contributed by atoms with E-state index in [0.717, 1.165) is 0 Å². The summed E-state index contributed by atoms with van der Waals surface area (Å²) < 4.78 is 14.7. The summed E-state index contributed by atoms with van der Waals surface area (Å²) in [5.41, 5.74) is 1.57. The van der Waals surface area contributed by atoms with E-state index in [4.69, 9.17) is 26.1 Å². The lowest BCUT2D eigenvalue weighted by Crippen LogP contribution is -2.42. The van der Waals surface area contributed by atoms with Crippen molar-refractivity contribution in [2.45, 2.75) is 25.3 Å². The molecule has 52 heavy (non-hydrogen) atoms. The molecule has 2 aliphatic heterocycles. The molecule has 0 bridgehead atoms. The number of likely N-dealkylation sites (tertiary alicyclic amines) is 1. The zero-order valence-electron chi connectivity index (χ0n) is 29.6. The Labute approximate surface area is 304 Å². The maximum Gasteiger partial charge on any atom is 0.368 e. The highest BCUT2D eigenvalue weighted by Gasteiger charge is 2.30. The number of ether oxygens (including phenoxy) is 2. The number of nitrogens with zero attached hydrogens (tertiary/aromatic N) is 9. The molecule has 1 saturated heterocycles. The molecule has 16 nitrogen and oxygen atoms in total. The molecular weight excluding hydrogens is 692 g/mol. The van der Waals surface area contributed by atoms with Gasteiger partial charge in [0.2, 0.25) is 11.9 Å². The van der Waals surface area contributed by atoms with Gasteiger partial charge < -0.3 is 34.3 Å². The Hall–Kier alpha value is -5.61. The molecule has 0 unspecified atom stereocenters. The second-order valence-corrected chi connectivity index (χ2v) is 13.7. The average molecular weight is 732 g/mol. The molecule has 0 spiro atoms. The first-order valence-electron chi connectivity index (χ1n) is 16.6. The van der Waals surface area contributed by atoms with Crippen molar-refractivity contribution >= 4 is 46.5 Å². The Balaban J connectivity index is 1.26. The first kappa shape index (κ1) is 36.2. The van der Waals surface area contributed by atoms with Crippen LogP contribution in [0, 0.1) is 10.1 Å². The number of hydrogen-bond acceptors (Lipinski definition) is 11. The lowest BCUT2D eigenvalue weighted by atomic mass is 10.0. The van der Waals surface area contributed by atoms with Crippen molar-refractivity contribution in [3.8, 4) is 22.6 Å². The van der Waals surface area contributed by atoms with Gasteiger partial charge in [-0.3, -0.25) is 18.8 Å². The van der Waals surface area contributed by atoms with Gasteiger partial charge in [0.05, 0.1) is 45.5 Å². The minimum Gasteiger partial charge on any atom is -0.497 e. The van der Waals surface area contributed by atoms with Crippen molar-refractivity contribution in [3.05, 3.63) is 85.7 Å². The largest absolute Gasteiger partial charge is 0.497 e. The number of rotatable bonds is 12. The van der Waals surface area contributed by atoms with Crippen LogP contribution in [0.2, 0.25) is 5.02 Å². The Bertz CT molecular complexity index is 2180. The van der Waals surface area contributed by atoms with Crippen LogP contribution in [0.1, 0.15) is 25.3 Å². The van der Waals surface area contributed by atoms with Crippen molar-refractivity contribution in [2.75, 3.05) is 59.8 Å². The fraction of sp³-hybridized carbons (Fsp3) is 0.371. The van der Waals surface area contributed by atoms with Gasteiger partial charge in [-0.1, -0.05) is 16.6 Å². The summed E-state index contributed by atoms with van der Waals surface area (Å²) in [6, 6.07) is 6.57. The second kappa shape index (κ2) is 14.9. The van der Waals surface area contributed by atoms with Gasteiger partial charge in [0.1, 0.15) is 29.9 Å². The smallest absolute Gasteiger partial charge is 0.368 e. The van der Waals surface area contributed by atoms with Crippen molar-refractivity contribution in [1.82, 2.24) is 29.2 Å². The first-order chi connectivity index (χ1) is 24.9. The number of amides is 1. The van der Waals surface area contributed by atoms with Crippen molar-refractivity contribution in [1.29, 1.82) is 0 Å². The van der Waals surface area contributed by atoms with Crippen LogP contribution in [0.4, 0.5) is 11.8 Å². The zero-order valence-corrected chi connectivity index (χ0v) is 30.3. The topological polar surface area (TPSA) is 172 Å². The van der Waals surface area contributed by atoms with Crippen molar-refractivity contribution in [3.63, 3.8) is 0 Å². The van der Waals surface area contributed by atoms with Gasteiger partial charge in [0.15, 0.2) is 5.82 Å². The van der Waals surface area contributed by atoms with Gasteiger partial charge in [-0.15, -0.1) is 0 Å². The van der Waals surface area contributed by atoms with Crippen LogP contribution in [-0.2, 0) is 11.8 Å². The third kappa shape index (κ3) is 7.67. The number of pyridine rings is 1. The van der Waals surface area contributed by atoms with E-state index in [-0.39, 0.29) is 34.3 Å². The minimum absolute atomic E-state index is 0.0926. The zero-order chi connectivity index (χ0) is 37.2. The Kier molecular flexibility index (Phi) is 10.4. The molecule has 1 N–H and O–H groups in total. The highest BCUT2D eigenvalue weighted by atomic mass is 35.5. The Morgan fingerprint density at radius 1 is 1.17 bits per heavy atom. The maximum absolute atomic E-state index is 14.5. The fourth-order valence-electron chi connectivity index (χ4n) is 6.55. The van der Waals surface area contributed by atoms with Crippen LogP contribution in [0.25, 0.3) is 22.2 Å². The van der Waals surface area contributed by atoms with Crippen LogP contribution in [0.3, 0.4) is 0 Å². The van der Waals surface area contributed by atoms with Gasteiger partial charge in [-0.25, -0.2) is 4.98 Å². The number of quaternary nitrogens is 1. The van der Waals surface area contributed by atoms with Gasteiger partial charge in [0.25, 0.3) is 5.56 Å². The molecule has 1 fully saturated rings. The molecule has 5 heterocycles. The average Bonchev–Trinajstić information content (AvgIpc) is 3.76. The van der Waals surface area contributed by atoms with Crippen LogP contribution in [0.5, 0.6) is 11.5 Å². The minimum atomic E-state index is -0.453. The Morgan fingerprint density at radius 2 is 1.94 bits per heavy atom. The van der Waals surface area contributed by atoms with Gasteiger partial charge in [-0.05, 0) is 36.0 Å². The molecule has 4 aromatic rings. The number of methoxy groups -OCH3 is 2. The van der Waals surface area contributed by atoms with Gasteiger partial charge in [-0.2, -0.15) is 10.1 Å². The van der Waals surface area contributed by atoms with E-state index in [1.165, 1.54) is 14.2 Å². The number of carbonyl (C=O) groups is 1. The summed E-state index contributed by atoms with van der Waals surface area (Å²) in [4.78, 5) is 53.6. The Morgan fingerprint density at radius 3 is 2.62 bits per heavy atom. The maximum atomic E-state index is 14.5. The van der Waals surface area contributed by atoms with Crippen LogP contribution < -0.4 is 20.3 Å². The molecule has 2 aliphatic rings. The highest BCUT2D eigenvalue weighted by Crippen LogP contribution is 2.39. The van der Waals surface area contributed by atoms with Crippen LogP contribution in [0.15, 0.2) is 70.0 Å². The molecule has 6 rings (SSSR count). The number of aromatic nitrogens is 5. The number of fused-ring (bicyclic) bond motifs is 1. The molecule has 1 amide bonds. The number of likely N-dealkylation sites (N-methyl/N-ethyl adjacent to an activating group) is 1. The number of benzene rings is 1. The molecule has 272 valence electrons. The van der Waals surface area contributed by atoms with E-state index in [9.17, 15) is 19.7 Å². The number of anilines is 2. The molecule has 17 heteroatoms. The summed E-state index contributed by atoms with van der Waals surface area (Å²) >= 11 is 6.77. The molecule has 1 aromatic carbocycles. The molecular formula is C35H40ClN10O6+. The molecule has 0 saturated carbocycles. The van der Waals surface area contributed by atoms with Gasteiger partial charge in [0, 0.05) is 79.7 Å². The SMILES string of the molecule is COc1cc(OC)c(Cl)c(-c2cc3cnc(Nc4ccn(C)n4)nc3n(C3CCN(C(=O)/C=C/C[N+](C)(C)CC4=C([N+](=O)[O-])N=CC4)CC3)c2=O)c1. The number of halogens is 1. The number of carbonyl (C=O) groups excluding carboxylic acids is 1. The molecule has 0 aliphatic carbocycles. The number of nitro groups is 1. The van der Waals surface area contributed by atoms with E-state index in [0.29, 0.717) is 95.0 Å². The summed E-state index contributed by atoms with van der Waals surface area (Å²) in [6.07, 6.45) is 9.80. The first-order valence-corrected chi connectivity index (χ1v) is 17.0. The summed E-state index contributed by atoms with van der Waals surface area (Å²) in [5, 5.41) is 19.7. The number of nitrogens with one attached hydrogen (secondary N) is 1. The quantitative estimate of drug-likeness (QED) is 0.0955. The van der Waals surface area contributed by atoms with Crippen molar-refractivity contribution < 1.29 is 23.7 Å².